The molecule has 0 radical (unpaired) electrons. The second-order valence-electron chi connectivity index (χ2n) is 5.72. The zero-order chi connectivity index (χ0) is 13.7. The summed E-state index contributed by atoms with van der Waals surface area (Å²) in [6.45, 7) is 3.94. The van der Waals surface area contributed by atoms with Gasteiger partial charge in [0.15, 0.2) is 0 Å². The van der Waals surface area contributed by atoms with Crippen molar-refractivity contribution in [2.45, 2.75) is 44.8 Å². The Kier molecular flexibility index (Phi) is 5.23. The highest BCUT2D eigenvalue weighted by Gasteiger charge is 2.16. The highest BCUT2D eigenvalue weighted by molar-refractivity contribution is 5.47. The van der Waals surface area contributed by atoms with Gasteiger partial charge in [0, 0.05) is 31.9 Å². The fourth-order valence-electron chi connectivity index (χ4n) is 2.62. The van der Waals surface area contributed by atoms with Crippen molar-refractivity contribution >= 4 is 5.69 Å². The zero-order valence-electron chi connectivity index (χ0n) is 12.1. The van der Waals surface area contributed by atoms with E-state index in [0.717, 1.165) is 19.6 Å². The number of hydrogen-bond donors (Lipinski definition) is 1. The van der Waals surface area contributed by atoms with Crippen molar-refractivity contribution in [3.8, 4) is 0 Å². The number of nitrogens with zero attached hydrogens (tertiary/aromatic N) is 1. The van der Waals surface area contributed by atoms with Crippen molar-refractivity contribution in [3.63, 3.8) is 0 Å². The lowest BCUT2D eigenvalue weighted by Gasteiger charge is -2.28. The molecule has 1 fully saturated rings. The van der Waals surface area contributed by atoms with Gasteiger partial charge in [-0.1, -0.05) is 12.1 Å². The Morgan fingerprint density at radius 2 is 2.05 bits per heavy atom. The average Bonchev–Trinajstić information content (AvgIpc) is 2.40. The van der Waals surface area contributed by atoms with E-state index in [1.165, 1.54) is 30.5 Å². The monoisotopic (exact) mass is 262 g/mol. The van der Waals surface area contributed by atoms with E-state index in [2.05, 4.69) is 36.2 Å². The molecule has 1 aromatic rings. The Labute approximate surface area is 116 Å². The molecule has 0 aromatic heterocycles. The van der Waals surface area contributed by atoms with Crippen molar-refractivity contribution in [1.29, 1.82) is 0 Å². The summed E-state index contributed by atoms with van der Waals surface area (Å²) < 4.78 is 5.79. The summed E-state index contributed by atoms with van der Waals surface area (Å²) in [5, 5.41) is 0. The Balaban J connectivity index is 1.89. The number of rotatable bonds is 5. The van der Waals surface area contributed by atoms with Gasteiger partial charge in [0.25, 0.3) is 0 Å². The van der Waals surface area contributed by atoms with Gasteiger partial charge in [0.2, 0.25) is 0 Å². The third-order valence-electron chi connectivity index (χ3n) is 3.69. The molecule has 19 heavy (non-hydrogen) atoms. The molecule has 0 saturated carbocycles. The van der Waals surface area contributed by atoms with Crippen LogP contribution in [0.3, 0.4) is 0 Å². The molecule has 1 aliphatic heterocycles. The molecule has 0 aliphatic carbocycles. The van der Waals surface area contributed by atoms with Crippen LogP contribution in [0.1, 0.15) is 31.7 Å². The molecule has 0 bridgehead atoms. The first-order chi connectivity index (χ1) is 9.15. The second-order valence-corrected chi connectivity index (χ2v) is 5.72. The molecule has 0 amide bonds. The maximum Gasteiger partial charge on any atom is 0.0749 e. The number of ether oxygens (including phenoxy) is 1. The molecule has 3 nitrogen and oxygen atoms in total. The van der Waals surface area contributed by atoms with Crippen molar-refractivity contribution in [2.24, 2.45) is 5.73 Å². The number of anilines is 1. The van der Waals surface area contributed by atoms with Gasteiger partial charge in [-0.3, -0.25) is 0 Å². The Morgan fingerprint density at radius 3 is 2.63 bits per heavy atom. The molecule has 2 unspecified atom stereocenters. The Morgan fingerprint density at radius 1 is 1.32 bits per heavy atom. The van der Waals surface area contributed by atoms with Gasteiger partial charge in [0.1, 0.15) is 0 Å². The minimum Gasteiger partial charge on any atom is -0.376 e. The molecule has 2 rings (SSSR count). The molecular formula is C16H26N2O. The van der Waals surface area contributed by atoms with Gasteiger partial charge in [-0.25, -0.2) is 0 Å². The van der Waals surface area contributed by atoms with Crippen LogP contribution in [-0.2, 0) is 11.2 Å². The Hall–Kier alpha value is -1.06. The van der Waals surface area contributed by atoms with Crippen LogP contribution >= 0.6 is 0 Å². The van der Waals surface area contributed by atoms with Crippen molar-refractivity contribution < 1.29 is 4.74 Å². The fraction of sp³-hybridized carbons (Fsp3) is 0.625. The highest BCUT2D eigenvalue weighted by atomic mass is 16.5. The van der Waals surface area contributed by atoms with E-state index in [-0.39, 0.29) is 6.04 Å². The van der Waals surface area contributed by atoms with E-state index in [1.807, 2.05) is 6.92 Å². The number of nitrogens with two attached hydrogens (primary N) is 1. The van der Waals surface area contributed by atoms with Crippen LogP contribution in [0.5, 0.6) is 0 Å². The van der Waals surface area contributed by atoms with Crippen LogP contribution in [0.2, 0.25) is 0 Å². The zero-order valence-corrected chi connectivity index (χ0v) is 12.1. The number of hydrogen-bond acceptors (Lipinski definition) is 3. The lowest BCUT2D eigenvalue weighted by atomic mass is 10.1. The summed E-state index contributed by atoms with van der Waals surface area (Å²) in [5.74, 6) is 0. The molecular weight excluding hydrogens is 236 g/mol. The summed E-state index contributed by atoms with van der Waals surface area (Å²) in [5.41, 5.74) is 8.38. The summed E-state index contributed by atoms with van der Waals surface area (Å²) >= 11 is 0. The van der Waals surface area contributed by atoms with E-state index < -0.39 is 0 Å². The smallest absolute Gasteiger partial charge is 0.0749 e. The molecule has 106 valence electrons. The van der Waals surface area contributed by atoms with Crippen molar-refractivity contribution in [1.82, 2.24) is 0 Å². The molecule has 1 heterocycles. The van der Waals surface area contributed by atoms with E-state index in [9.17, 15) is 0 Å². The summed E-state index contributed by atoms with van der Waals surface area (Å²) in [6, 6.07) is 8.94. The van der Waals surface area contributed by atoms with E-state index in [4.69, 9.17) is 10.5 Å². The summed E-state index contributed by atoms with van der Waals surface area (Å²) in [4.78, 5) is 2.28. The minimum atomic E-state index is 0.221. The van der Waals surface area contributed by atoms with Crippen LogP contribution < -0.4 is 10.6 Å². The topological polar surface area (TPSA) is 38.5 Å². The Bertz CT molecular complexity index is 369. The van der Waals surface area contributed by atoms with Gasteiger partial charge in [-0.15, -0.1) is 0 Å². The molecule has 1 aliphatic rings. The SMILES string of the molecule is CC(N)Cc1ccc(N(C)CC2CCCCO2)cc1. The third-order valence-corrected chi connectivity index (χ3v) is 3.69. The quantitative estimate of drug-likeness (QED) is 0.886. The van der Waals surface area contributed by atoms with Gasteiger partial charge in [-0.2, -0.15) is 0 Å². The maximum atomic E-state index is 5.82. The summed E-state index contributed by atoms with van der Waals surface area (Å²) in [7, 11) is 2.14. The standard InChI is InChI=1S/C16H26N2O/c1-13(17)11-14-6-8-15(9-7-14)18(2)12-16-5-3-4-10-19-16/h6-9,13,16H,3-5,10-12,17H2,1-2H3. The normalized spacial score (nSPS) is 21.1. The molecule has 3 heteroatoms. The van der Waals surface area contributed by atoms with Crippen LogP contribution in [0, 0.1) is 0 Å². The number of benzene rings is 1. The molecule has 2 N–H and O–H groups in total. The van der Waals surface area contributed by atoms with Crippen LogP contribution in [0.25, 0.3) is 0 Å². The molecule has 1 saturated heterocycles. The van der Waals surface area contributed by atoms with Crippen molar-refractivity contribution in [3.05, 3.63) is 29.8 Å². The van der Waals surface area contributed by atoms with Crippen LogP contribution in [-0.4, -0.2) is 32.3 Å². The average molecular weight is 262 g/mol. The first-order valence-electron chi connectivity index (χ1n) is 7.32. The predicted octanol–water partition coefficient (Wildman–Crippen LogP) is 2.58. The van der Waals surface area contributed by atoms with Crippen LogP contribution in [0.4, 0.5) is 5.69 Å². The molecule has 2 atom stereocenters. The van der Waals surface area contributed by atoms with Gasteiger partial charge >= 0.3 is 0 Å². The predicted molar refractivity (Wildman–Crippen MR) is 80.7 cm³/mol. The van der Waals surface area contributed by atoms with Gasteiger partial charge in [-0.05, 0) is 50.3 Å². The van der Waals surface area contributed by atoms with E-state index in [1.54, 1.807) is 0 Å². The third kappa shape index (κ3) is 4.51. The lowest BCUT2D eigenvalue weighted by Crippen LogP contribution is -2.33. The largest absolute Gasteiger partial charge is 0.376 e. The van der Waals surface area contributed by atoms with Crippen molar-refractivity contribution in [2.75, 3.05) is 25.1 Å². The summed E-state index contributed by atoms with van der Waals surface area (Å²) in [6.07, 6.45) is 5.03. The second kappa shape index (κ2) is 6.92. The minimum absolute atomic E-state index is 0.221. The fourth-order valence-corrected chi connectivity index (χ4v) is 2.62. The first kappa shape index (κ1) is 14.4. The molecule has 0 spiro atoms. The van der Waals surface area contributed by atoms with Gasteiger partial charge < -0.3 is 15.4 Å². The highest BCUT2D eigenvalue weighted by Crippen LogP contribution is 2.18. The molecule has 1 aromatic carbocycles. The van der Waals surface area contributed by atoms with E-state index in [0.29, 0.717) is 6.10 Å². The first-order valence-corrected chi connectivity index (χ1v) is 7.32. The van der Waals surface area contributed by atoms with Gasteiger partial charge in [0.05, 0.1) is 6.10 Å². The maximum absolute atomic E-state index is 5.82. The van der Waals surface area contributed by atoms with Crippen LogP contribution in [0.15, 0.2) is 24.3 Å². The number of likely N-dealkylation sites (N-methyl/N-ethyl adjacent to an activating group) is 1. The lowest BCUT2D eigenvalue weighted by molar-refractivity contribution is 0.0216. The van der Waals surface area contributed by atoms with E-state index >= 15 is 0 Å².